The van der Waals surface area contributed by atoms with E-state index in [-0.39, 0.29) is 0 Å². The van der Waals surface area contributed by atoms with E-state index in [0.717, 1.165) is 67.3 Å². The number of hydrogen-bond acceptors (Lipinski definition) is 3. The zero-order valence-electron chi connectivity index (χ0n) is 17.3. The number of aromatic nitrogens is 4. The first-order valence-corrected chi connectivity index (χ1v) is 11.7. The molecule has 32 heavy (non-hydrogen) atoms. The molecular formula is C26H19N4OZn. The molecule has 8 bridgehead atoms. The minimum atomic E-state index is 0.424. The van der Waals surface area contributed by atoms with E-state index in [1.54, 1.807) is 6.07 Å². The van der Waals surface area contributed by atoms with Crippen LogP contribution in [0.5, 0.6) is 5.75 Å². The predicted octanol–water partition coefficient (Wildman–Crippen LogP) is 5.22. The van der Waals surface area contributed by atoms with Crippen LogP contribution in [0.25, 0.3) is 46.4 Å². The third kappa shape index (κ3) is 4.76. The molecule has 3 N–H and O–H groups in total. The number of benzene rings is 1. The van der Waals surface area contributed by atoms with Gasteiger partial charge in [-0.3, -0.25) is 0 Å². The fourth-order valence-corrected chi connectivity index (χ4v) is 3.99. The first-order valence-electron chi connectivity index (χ1n) is 10.3. The van der Waals surface area contributed by atoms with Crippen LogP contribution >= 0.6 is 0 Å². The van der Waals surface area contributed by atoms with E-state index < -0.39 is 0 Å². The van der Waals surface area contributed by atoms with Gasteiger partial charge in [0, 0.05) is 22.1 Å². The summed E-state index contributed by atoms with van der Waals surface area (Å²) >= 11 is 1.02. The van der Waals surface area contributed by atoms with E-state index in [1.165, 1.54) is 0 Å². The second kappa shape index (κ2) is 8.77. The molecule has 151 valence electrons. The SMILES string of the molecule is C1=Cc2cc3ccc(cc4nc(cc5ccc(cc1n2)[nH]5)C=C4)[nH]3.Oc1cccc[c]1[Zn]. The number of aromatic hydroxyl groups is 1. The Morgan fingerprint density at radius 1 is 0.562 bits per heavy atom. The molecule has 1 aromatic carbocycles. The second-order valence-electron chi connectivity index (χ2n) is 7.53. The average molecular weight is 469 g/mol. The quantitative estimate of drug-likeness (QED) is 0.267. The summed E-state index contributed by atoms with van der Waals surface area (Å²) in [6, 6.07) is 23.8. The fraction of sp³-hybridized carbons (Fsp3) is 0. The van der Waals surface area contributed by atoms with Crippen molar-refractivity contribution in [3.8, 4) is 5.75 Å². The summed E-state index contributed by atoms with van der Waals surface area (Å²) in [5, 5.41) is 8.95. The maximum atomic E-state index is 8.95. The van der Waals surface area contributed by atoms with Gasteiger partial charge in [0.2, 0.25) is 0 Å². The Balaban J connectivity index is 0.000000230. The van der Waals surface area contributed by atoms with Gasteiger partial charge in [-0.05, 0) is 72.8 Å². The number of H-pyrrole nitrogens is 2. The van der Waals surface area contributed by atoms with E-state index in [9.17, 15) is 0 Å². The standard InChI is InChI=1S/C20H14N4.C6H5O.Zn/c1-2-14-10-16-5-6-18(23-16)12-20-8-7-19(24-20)11-17-4-3-15(22-17)9-13(1)21-14;7-6-4-2-1-3-5-6;/h1-12,21,24H;1-4,7H;. The van der Waals surface area contributed by atoms with Gasteiger partial charge in [0.1, 0.15) is 0 Å². The predicted molar refractivity (Wildman–Crippen MR) is 127 cm³/mol. The van der Waals surface area contributed by atoms with Gasteiger partial charge in [-0.25, -0.2) is 9.97 Å². The zero-order valence-corrected chi connectivity index (χ0v) is 20.3. The Morgan fingerprint density at radius 2 is 0.938 bits per heavy atom. The second-order valence-corrected chi connectivity index (χ2v) is 9.13. The Morgan fingerprint density at radius 3 is 1.25 bits per heavy atom. The van der Waals surface area contributed by atoms with Crippen molar-refractivity contribution in [2.45, 2.75) is 0 Å². The summed E-state index contributed by atoms with van der Waals surface area (Å²) in [5.41, 5.74) is 7.86. The molecular weight excluding hydrogens is 450 g/mol. The average Bonchev–Trinajstić information content (AvgIpc) is 3.57. The number of rotatable bonds is 0. The molecule has 0 saturated heterocycles. The molecule has 4 aromatic rings. The molecule has 0 atom stereocenters. The van der Waals surface area contributed by atoms with Crippen LogP contribution < -0.4 is 4.16 Å². The third-order valence-electron chi connectivity index (χ3n) is 5.03. The minimum absolute atomic E-state index is 0.424. The van der Waals surface area contributed by atoms with E-state index in [0.29, 0.717) is 5.75 Å². The number of fused-ring (bicyclic) bond motifs is 8. The van der Waals surface area contributed by atoms with Crippen LogP contribution in [0.1, 0.15) is 22.8 Å². The summed E-state index contributed by atoms with van der Waals surface area (Å²) in [4.78, 5) is 16.0. The van der Waals surface area contributed by atoms with Crippen molar-refractivity contribution in [1.29, 1.82) is 0 Å². The van der Waals surface area contributed by atoms with Crippen LogP contribution in [-0.2, 0) is 18.3 Å². The molecule has 2 aliphatic heterocycles. The molecule has 6 heteroatoms. The van der Waals surface area contributed by atoms with E-state index >= 15 is 0 Å². The molecule has 3 aromatic heterocycles. The molecule has 0 fully saturated rings. The van der Waals surface area contributed by atoms with E-state index in [1.807, 2.05) is 66.8 Å². The first-order chi connectivity index (χ1) is 15.6. The van der Waals surface area contributed by atoms with Gasteiger partial charge in [0.05, 0.1) is 22.8 Å². The van der Waals surface area contributed by atoms with Crippen LogP contribution in [-0.4, -0.2) is 25.0 Å². The van der Waals surface area contributed by atoms with Gasteiger partial charge in [-0.15, -0.1) is 0 Å². The molecule has 0 aliphatic carbocycles. The van der Waals surface area contributed by atoms with Crippen molar-refractivity contribution < 1.29 is 23.4 Å². The maximum absolute atomic E-state index is 8.95. The summed E-state index contributed by atoms with van der Waals surface area (Å²) in [6.45, 7) is 0. The number of nitrogens with zero attached hydrogens (tertiary/aromatic N) is 2. The first kappa shape index (κ1) is 20.2. The van der Waals surface area contributed by atoms with Crippen LogP contribution in [0.4, 0.5) is 0 Å². The van der Waals surface area contributed by atoms with E-state index in [4.69, 9.17) is 5.11 Å². The van der Waals surface area contributed by atoms with Crippen molar-refractivity contribution in [2.75, 3.05) is 0 Å². The Bertz CT molecular complexity index is 1320. The topological polar surface area (TPSA) is 77.6 Å². The molecule has 0 spiro atoms. The van der Waals surface area contributed by atoms with Gasteiger partial charge in [-0.1, -0.05) is 0 Å². The molecule has 0 amide bonds. The summed E-state index contributed by atoms with van der Waals surface area (Å²) < 4.78 is 1.05. The molecule has 0 saturated carbocycles. The molecule has 5 nitrogen and oxygen atoms in total. The molecule has 2 aliphatic rings. The Hall–Kier alpha value is -3.76. The molecule has 0 radical (unpaired) electrons. The number of para-hydroxylation sites is 1. The number of phenolic OH excluding ortho intramolecular Hbond substituents is 1. The number of hydrogen-bond donors (Lipinski definition) is 3. The van der Waals surface area contributed by atoms with Crippen molar-refractivity contribution in [2.24, 2.45) is 0 Å². The van der Waals surface area contributed by atoms with Crippen LogP contribution in [0.15, 0.2) is 72.8 Å². The van der Waals surface area contributed by atoms with Gasteiger partial charge in [0.25, 0.3) is 0 Å². The van der Waals surface area contributed by atoms with Gasteiger partial charge >= 0.3 is 57.6 Å². The monoisotopic (exact) mass is 467 g/mol. The van der Waals surface area contributed by atoms with Crippen LogP contribution in [0.2, 0.25) is 0 Å². The van der Waals surface area contributed by atoms with Crippen molar-refractivity contribution >= 4 is 50.5 Å². The van der Waals surface area contributed by atoms with Crippen molar-refractivity contribution in [1.82, 2.24) is 19.9 Å². The Kier molecular flexibility index (Phi) is 5.53. The van der Waals surface area contributed by atoms with Crippen molar-refractivity contribution in [3.63, 3.8) is 0 Å². The normalized spacial score (nSPS) is 11.8. The number of aromatic amines is 2. The van der Waals surface area contributed by atoms with E-state index in [2.05, 4.69) is 44.2 Å². The molecule has 5 heterocycles. The van der Waals surface area contributed by atoms with Crippen LogP contribution in [0, 0.1) is 0 Å². The molecule has 6 rings (SSSR count). The summed E-state index contributed by atoms with van der Waals surface area (Å²) in [5.74, 6) is 0.424. The number of phenols is 1. The third-order valence-corrected chi connectivity index (χ3v) is 6.29. The van der Waals surface area contributed by atoms with Gasteiger partial charge < -0.3 is 9.97 Å². The van der Waals surface area contributed by atoms with Crippen LogP contribution in [0.3, 0.4) is 0 Å². The summed E-state index contributed by atoms with van der Waals surface area (Å²) in [7, 11) is 0. The van der Waals surface area contributed by atoms with Gasteiger partial charge in [0.15, 0.2) is 0 Å². The van der Waals surface area contributed by atoms with Gasteiger partial charge in [-0.2, -0.15) is 0 Å². The van der Waals surface area contributed by atoms with Crippen molar-refractivity contribution in [3.05, 3.63) is 95.6 Å². The fourth-order valence-electron chi connectivity index (χ4n) is 3.45. The molecule has 0 unspecified atom stereocenters. The zero-order chi connectivity index (χ0) is 21.9. The summed E-state index contributed by atoms with van der Waals surface area (Å²) in [6.07, 6.45) is 8.09. The number of nitrogens with one attached hydrogen (secondary N) is 2. The Labute approximate surface area is 194 Å².